The van der Waals surface area contributed by atoms with E-state index in [-0.39, 0.29) is 0 Å². The quantitative estimate of drug-likeness (QED) is 0.567. The van der Waals surface area contributed by atoms with Crippen LogP contribution >= 0.6 is 0 Å². The van der Waals surface area contributed by atoms with Gasteiger partial charge in [0.25, 0.3) is 0 Å². The molecule has 0 aromatic rings. The van der Waals surface area contributed by atoms with Crippen LogP contribution in [0.4, 0.5) is 0 Å². The van der Waals surface area contributed by atoms with Gasteiger partial charge in [0.05, 0.1) is 0 Å². The predicted octanol–water partition coefficient (Wildman–Crippen LogP) is 3.61. The van der Waals surface area contributed by atoms with Gasteiger partial charge in [0.1, 0.15) is 0 Å². The van der Waals surface area contributed by atoms with Crippen LogP contribution < -0.4 is 0 Å². The van der Waals surface area contributed by atoms with Gasteiger partial charge in [0.15, 0.2) is 0 Å². The summed E-state index contributed by atoms with van der Waals surface area (Å²) in [4.78, 5) is 0. The number of hydrogen-bond acceptors (Lipinski definition) is 0. The summed E-state index contributed by atoms with van der Waals surface area (Å²) in [6.07, 6.45) is 7.65. The lowest BCUT2D eigenvalue weighted by atomic mass is 9.43. The van der Waals surface area contributed by atoms with Gasteiger partial charge in [-0.2, -0.15) is 0 Å². The summed E-state index contributed by atoms with van der Waals surface area (Å²) in [5.41, 5.74) is 1.44. The van der Waals surface area contributed by atoms with Crippen LogP contribution in [0.25, 0.3) is 0 Å². The monoisotopic (exact) mass is 152 g/mol. The average Bonchev–Trinajstić information content (AvgIpc) is 1.52. The fourth-order valence-electron chi connectivity index (χ4n) is 2.60. The molecule has 0 atom stereocenters. The third-order valence-corrected chi connectivity index (χ3v) is 3.57. The maximum Gasteiger partial charge on any atom is -0.0289 e. The van der Waals surface area contributed by atoms with Gasteiger partial charge < -0.3 is 0 Å². The SMILES string of the molecule is CC(C)(C)CCC12CC(C1)C2. The van der Waals surface area contributed by atoms with Crippen molar-refractivity contribution in [2.45, 2.75) is 52.9 Å². The molecule has 0 radical (unpaired) electrons. The van der Waals surface area contributed by atoms with E-state index in [4.69, 9.17) is 0 Å². The van der Waals surface area contributed by atoms with Crippen LogP contribution in [0.15, 0.2) is 0 Å². The number of rotatable bonds is 2. The van der Waals surface area contributed by atoms with E-state index < -0.39 is 0 Å². The molecule has 0 nitrogen and oxygen atoms in total. The normalized spacial score (nSPS) is 41.2. The van der Waals surface area contributed by atoms with Gasteiger partial charge in [0.2, 0.25) is 0 Å². The Morgan fingerprint density at radius 2 is 1.73 bits per heavy atom. The summed E-state index contributed by atoms with van der Waals surface area (Å²) in [5, 5.41) is 0. The third kappa shape index (κ3) is 1.32. The second kappa shape index (κ2) is 2.02. The molecule has 0 heterocycles. The first kappa shape index (κ1) is 7.64. The Morgan fingerprint density at radius 3 is 2.00 bits per heavy atom. The van der Waals surface area contributed by atoms with Crippen molar-refractivity contribution in [3.63, 3.8) is 0 Å². The molecule has 0 heteroatoms. The zero-order chi connectivity index (χ0) is 8.11. The first-order valence-electron chi connectivity index (χ1n) is 4.99. The maximum absolute atomic E-state index is 2.36. The summed E-state index contributed by atoms with van der Waals surface area (Å²) in [5.74, 6) is 1.16. The molecule has 0 aromatic heterocycles. The lowest BCUT2D eigenvalue weighted by Crippen LogP contribution is -2.51. The molecule has 3 rings (SSSR count). The van der Waals surface area contributed by atoms with Gasteiger partial charge in [-0.1, -0.05) is 20.8 Å². The van der Waals surface area contributed by atoms with Gasteiger partial charge in [0, 0.05) is 0 Å². The van der Waals surface area contributed by atoms with Crippen LogP contribution in [0.1, 0.15) is 52.9 Å². The predicted molar refractivity (Wildman–Crippen MR) is 48.5 cm³/mol. The summed E-state index contributed by atoms with van der Waals surface area (Å²) in [7, 11) is 0. The second-order valence-corrected chi connectivity index (χ2v) is 6.04. The van der Waals surface area contributed by atoms with Crippen molar-refractivity contribution < 1.29 is 0 Å². The van der Waals surface area contributed by atoms with Crippen molar-refractivity contribution in [1.29, 1.82) is 0 Å². The molecule has 0 amide bonds. The standard InChI is InChI=1S/C11H20/c1-10(2,3)4-5-11-6-9(7-11)8-11/h9H,4-8H2,1-3H3. The van der Waals surface area contributed by atoms with Crippen molar-refractivity contribution in [3.05, 3.63) is 0 Å². The van der Waals surface area contributed by atoms with Gasteiger partial charge in [-0.25, -0.2) is 0 Å². The lowest BCUT2D eigenvalue weighted by molar-refractivity contribution is -0.117. The molecule has 11 heavy (non-hydrogen) atoms. The van der Waals surface area contributed by atoms with E-state index in [0.717, 1.165) is 11.3 Å². The molecule has 2 bridgehead atoms. The van der Waals surface area contributed by atoms with Crippen LogP contribution in [0.2, 0.25) is 0 Å². The van der Waals surface area contributed by atoms with E-state index in [1.807, 2.05) is 0 Å². The van der Waals surface area contributed by atoms with Crippen LogP contribution in [0.5, 0.6) is 0 Å². The Morgan fingerprint density at radius 1 is 1.18 bits per heavy atom. The molecule has 64 valence electrons. The Balaban J connectivity index is 1.74. The molecule has 3 fully saturated rings. The molecular weight excluding hydrogens is 132 g/mol. The average molecular weight is 152 g/mol. The van der Waals surface area contributed by atoms with Crippen LogP contribution in [0, 0.1) is 16.7 Å². The molecular formula is C11H20. The molecule has 0 aliphatic heterocycles. The molecule has 0 saturated heterocycles. The third-order valence-electron chi connectivity index (χ3n) is 3.57. The van der Waals surface area contributed by atoms with Gasteiger partial charge in [-0.05, 0) is 48.9 Å². The van der Waals surface area contributed by atoms with E-state index >= 15 is 0 Å². The van der Waals surface area contributed by atoms with Gasteiger partial charge in [-0.15, -0.1) is 0 Å². The van der Waals surface area contributed by atoms with Gasteiger partial charge in [-0.3, -0.25) is 0 Å². The molecule has 0 aromatic carbocycles. The minimum atomic E-state index is 0.565. The van der Waals surface area contributed by atoms with Crippen molar-refractivity contribution in [1.82, 2.24) is 0 Å². The fraction of sp³-hybridized carbons (Fsp3) is 1.00. The van der Waals surface area contributed by atoms with Crippen molar-refractivity contribution >= 4 is 0 Å². The molecule has 0 spiro atoms. The second-order valence-electron chi connectivity index (χ2n) is 6.04. The highest BCUT2D eigenvalue weighted by atomic mass is 14.6. The topological polar surface area (TPSA) is 0 Å². The number of hydrogen-bond donors (Lipinski definition) is 0. The summed E-state index contributed by atoms with van der Waals surface area (Å²) in [6, 6.07) is 0. The summed E-state index contributed by atoms with van der Waals surface area (Å²) in [6.45, 7) is 7.08. The van der Waals surface area contributed by atoms with Crippen molar-refractivity contribution in [2.75, 3.05) is 0 Å². The van der Waals surface area contributed by atoms with E-state index in [2.05, 4.69) is 20.8 Å². The van der Waals surface area contributed by atoms with E-state index in [9.17, 15) is 0 Å². The minimum absolute atomic E-state index is 0.565. The molecule has 0 N–H and O–H groups in total. The smallest absolute Gasteiger partial charge is 0.0289 e. The lowest BCUT2D eigenvalue weighted by Gasteiger charge is -2.63. The van der Waals surface area contributed by atoms with Crippen molar-refractivity contribution in [3.8, 4) is 0 Å². The van der Waals surface area contributed by atoms with E-state index in [1.54, 1.807) is 19.3 Å². The first-order valence-corrected chi connectivity index (χ1v) is 4.99. The zero-order valence-electron chi connectivity index (χ0n) is 8.11. The largest absolute Gasteiger partial charge is 0.0602 e. The molecule has 0 unspecified atom stereocenters. The maximum atomic E-state index is 2.36. The highest BCUT2D eigenvalue weighted by Gasteiger charge is 2.55. The van der Waals surface area contributed by atoms with Crippen LogP contribution in [-0.2, 0) is 0 Å². The summed E-state index contributed by atoms with van der Waals surface area (Å²) >= 11 is 0. The minimum Gasteiger partial charge on any atom is -0.0602 e. The highest BCUT2D eigenvalue weighted by Crippen LogP contribution is 2.67. The molecule has 3 aliphatic rings. The van der Waals surface area contributed by atoms with Gasteiger partial charge >= 0.3 is 0 Å². The van der Waals surface area contributed by atoms with Crippen molar-refractivity contribution in [2.24, 2.45) is 16.7 Å². The van der Waals surface area contributed by atoms with E-state index in [1.165, 1.54) is 12.8 Å². The Labute approximate surface area is 70.4 Å². The first-order chi connectivity index (χ1) is 4.99. The Bertz CT molecular complexity index is 144. The highest BCUT2D eigenvalue weighted by molar-refractivity contribution is 5.06. The zero-order valence-corrected chi connectivity index (χ0v) is 8.11. The molecule has 3 aliphatic carbocycles. The van der Waals surface area contributed by atoms with Crippen LogP contribution in [0.3, 0.4) is 0 Å². The fourth-order valence-corrected chi connectivity index (χ4v) is 2.60. The summed E-state index contributed by atoms with van der Waals surface area (Å²) < 4.78 is 0. The van der Waals surface area contributed by atoms with Crippen LogP contribution in [-0.4, -0.2) is 0 Å². The Hall–Kier alpha value is 0. The Kier molecular flexibility index (Phi) is 1.41. The van der Waals surface area contributed by atoms with E-state index in [0.29, 0.717) is 5.41 Å². The molecule has 3 saturated carbocycles.